The highest BCUT2D eigenvalue weighted by atomic mass is 16.2. The molecular formula is C18H23N5O. The van der Waals surface area contributed by atoms with Crippen LogP contribution in [0.4, 0.5) is 0 Å². The summed E-state index contributed by atoms with van der Waals surface area (Å²) in [5.41, 5.74) is 2.33. The maximum atomic E-state index is 11.8. The summed E-state index contributed by atoms with van der Waals surface area (Å²) in [6.07, 6.45) is 7.71. The Balaban J connectivity index is 1.43. The van der Waals surface area contributed by atoms with Gasteiger partial charge in [-0.15, -0.1) is 0 Å². The van der Waals surface area contributed by atoms with E-state index in [-0.39, 0.29) is 17.9 Å². The minimum absolute atomic E-state index is 0.188. The molecule has 1 N–H and O–H groups in total. The lowest BCUT2D eigenvalue weighted by Gasteiger charge is -2.34. The van der Waals surface area contributed by atoms with Crippen molar-refractivity contribution in [3.05, 3.63) is 47.8 Å². The first kappa shape index (κ1) is 15.3. The zero-order valence-electron chi connectivity index (χ0n) is 14.0. The van der Waals surface area contributed by atoms with Crippen molar-refractivity contribution in [3.8, 4) is 0 Å². The molecule has 1 fully saturated rings. The molecule has 1 aliphatic carbocycles. The van der Waals surface area contributed by atoms with E-state index in [1.807, 2.05) is 18.5 Å². The molecular weight excluding hydrogens is 302 g/mol. The van der Waals surface area contributed by atoms with Crippen molar-refractivity contribution in [1.29, 1.82) is 0 Å². The summed E-state index contributed by atoms with van der Waals surface area (Å²) in [4.78, 5) is 23.1. The average Bonchev–Trinajstić information content (AvgIpc) is 3.37. The second-order valence-electron chi connectivity index (χ2n) is 6.76. The topological polar surface area (TPSA) is 63.1 Å². The molecule has 0 spiro atoms. The molecule has 0 radical (unpaired) electrons. The van der Waals surface area contributed by atoms with Crippen LogP contribution < -0.4 is 5.32 Å². The van der Waals surface area contributed by atoms with Crippen molar-refractivity contribution >= 4 is 5.91 Å². The van der Waals surface area contributed by atoms with Crippen molar-refractivity contribution in [2.75, 3.05) is 6.54 Å². The molecule has 0 unspecified atom stereocenters. The minimum atomic E-state index is 0.188. The molecule has 4 rings (SSSR count). The molecule has 126 valence electrons. The molecule has 1 atom stereocenters. The summed E-state index contributed by atoms with van der Waals surface area (Å²) in [6.45, 7) is 5.55. The van der Waals surface area contributed by atoms with Crippen molar-refractivity contribution in [2.24, 2.45) is 5.92 Å². The first-order valence-electron chi connectivity index (χ1n) is 8.67. The SMILES string of the molecule is C[C@H]1c2ncc(CNC(=O)C3CC3)n2CCN1Cc1cccnc1. The predicted molar refractivity (Wildman–Crippen MR) is 89.9 cm³/mol. The number of carbonyl (C=O) groups is 1. The average molecular weight is 325 g/mol. The predicted octanol–water partition coefficient (Wildman–Crippen LogP) is 1.88. The number of aromatic nitrogens is 3. The van der Waals surface area contributed by atoms with Gasteiger partial charge in [-0.2, -0.15) is 0 Å². The van der Waals surface area contributed by atoms with Crippen LogP contribution in [0.1, 0.15) is 42.9 Å². The molecule has 1 saturated carbocycles. The number of carbonyl (C=O) groups excluding carboxylic acids is 1. The number of amides is 1. The highest BCUT2D eigenvalue weighted by Gasteiger charge is 2.30. The van der Waals surface area contributed by atoms with Gasteiger partial charge in [-0.25, -0.2) is 4.98 Å². The number of pyridine rings is 1. The minimum Gasteiger partial charge on any atom is -0.350 e. The number of nitrogens with zero attached hydrogens (tertiary/aromatic N) is 4. The standard InChI is InChI=1S/C18H23N5O/c1-13-17-20-10-16(11-21-18(24)15-4-5-15)23(17)8-7-22(13)12-14-3-2-6-19-9-14/h2-3,6,9-10,13,15H,4-5,7-8,11-12H2,1H3,(H,21,24)/t13-/m0/s1. The molecule has 3 heterocycles. The van der Waals surface area contributed by atoms with Crippen molar-refractivity contribution in [1.82, 2.24) is 24.8 Å². The number of fused-ring (bicyclic) bond motifs is 1. The zero-order valence-corrected chi connectivity index (χ0v) is 14.0. The molecule has 0 bridgehead atoms. The van der Waals surface area contributed by atoms with Crippen LogP contribution >= 0.6 is 0 Å². The Morgan fingerprint density at radius 2 is 2.21 bits per heavy atom. The van der Waals surface area contributed by atoms with Crippen LogP contribution in [0.25, 0.3) is 0 Å². The van der Waals surface area contributed by atoms with Crippen LogP contribution in [0.3, 0.4) is 0 Å². The normalized spacial score (nSPS) is 20.6. The van der Waals surface area contributed by atoms with Crippen LogP contribution in [-0.2, 0) is 24.4 Å². The van der Waals surface area contributed by atoms with Gasteiger partial charge in [0.25, 0.3) is 0 Å². The van der Waals surface area contributed by atoms with Gasteiger partial charge in [0.05, 0.1) is 24.5 Å². The first-order valence-corrected chi connectivity index (χ1v) is 8.67. The third kappa shape index (κ3) is 3.06. The Morgan fingerprint density at radius 1 is 1.33 bits per heavy atom. The maximum absolute atomic E-state index is 11.8. The molecule has 6 heteroatoms. The van der Waals surface area contributed by atoms with Gasteiger partial charge in [-0.05, 0) is 31.4 Å². The van der Waals surface area contributed by atoms with Crippen LogP contribution in [0, 0.1) is 5.92 Å². The third-order valence-corrected chi connectivity index (χ3v) is 5.00. The van der Waals surface area contributed by atoms with Gasteiger partial charge in [0.15, 0.2) is 0 Å². The second-order valence-corrected chi connectivity index (χ2v) is 6.76. The van der Waals surface area contributed by atoms with Crippen molar-refractivity contribution in [3.63, 3.8) is 0 Å². The van der Waals surface area contributed by atoms with Crippen LogP contribution in [-0.4, -0.2) is 31.9 Å². The van der Waals surface area contributed by atoms with Gasteiger partial charge in [0, 0.05) is 37.9 Å². The monoisotopic (exact) mass is 325 g/mol. The van der Waals surface area contributed by atoms with E-state index in [1.165, 1.54) is 5.56 Å². The molecule has 2 aromatic rings. The molecule has 1 amide bonds. The zero-order chi connectivity index (χ0) is 16.5. The number of hydrogen-bond donors (Lipinski definition) is 1. The fourth-order valence-electron chi connectivity index (χ4n) is 3.35. The van der Waals surface area contributed by atoms with Gasteiger partial charge < -0.3 is 9.88 Å². The van der Waals surface area contributed by atoms with Gasteiger partial charge in [-0.3, -0.25) is 14.7 Å². The highest BCUT2D eigenvalue weighted by molar-refractivity contribution is 5.80. The number of nitrogens with one attached hydrogen (secondary N) is 1. The summed E-state index contributed by atoms with van der Waals surface area (Å²) in [5, 5.41) is 3.04. The quantitative estimate of drug-likeness (QED) is 0.912. The van der Waals surface area contributed by atoms with Crippen molar-refractivity contribution < 1.29 is 4.79 Å². The summed E-state index contributed by atoms with van der Waals surface area (Å²) >= 11 is 0. The summed E-state index contributed by atoms with van der Waals surface area (Å²) < 4.78 is 2.26. The third-order valence-electron chi connectivity index (χ3n) is 5.00. The summed E-state index contributed by atoms with van der Waals surface area (Å²) in [6, 6.07) is 4.34. The van der Waals surface area contributed by atoms with E-state index in [0.717, 1.165) is 44.0 Å². The van der Waals surface area contributed by atoms with Crippen LogP contribution in [0.2, 0.25) is 0 Å². The van der Waals surface area contributed by atoms with Gasteiger partial charge in [0.2, 0.25) is 5.91 Å². The first-order chi connectivity index (χ1) is 11.7. The van der Waals surface area contributed by atoms with Gasteiger partial charge >= 0.3 is 0 Å². The van der Waals surface area contributed by atoms with Crippen LogP contribution in [0.5, 0.6) is 0 Å². The Labute approximate surface area is 141 Å². The maximum Gasteiger partial charge on any atom is 0.223 e. The van der Waals surface area contributed by atoms with E-state index < -0.39 is 0 Å². The van der Waals surface area contributed by atoms with E-state index in [0.29, 0.717) is 6.54 Å². The Bertz CT molecular complexity index is 722. The van der Waals surface area contributed by atoms with E-state index in [2.05, 4.69) is 37.7 Å². The Morgan fingerprint density at radius 3 is 2.96 bits per heavy atom. The fraction of sp³-hybridized carbons (Fsp3) is 0.500. The van der Waals surface area contributed by atoms with Gasteiger partial charge in [-0.1, -0.05) is 6.07 Å². The Hall–Kier alpha value is -2.21. The number of rotatable bonds is 5. The van der Waals surface area contributed by atoms with Crippen LogP contribution in [0.15, 0.2) is 30.7 Å². The lowest BCUT2D eigenvalue weighted by Crippen LogP contribution is -2.37. The number of hydrogen-bond acceptors (Lipinski definition) is 4. The molecule has 6 nitrogen and oxygen atoms in total. The van der Waals surface area contributed by atoms with Gasteiger partial charge in [0.1, 0.15) is 5.82 Å². The largest absolute Gasteiger partial charge is 0.350 e. The highest BCUT2D eigenvalue weighted by Crippen LogP contribution is 2.29. The Kier molecular flexibility index (Phi) is 4.06. The molecule has 2 aliphatic rings. The molecule has 1 aliphatic heterocycles. The molecule has 0 saturated heterocycles. The smallest absolute Gasteiger partial charge is 0.223 e. The van der Waals surface area contributed by atoms with E-state index in [1.54, 1.807) is 6.20 Å². The van der Waals surface area contributed by atoms with E-state index >= 15 is 0 Å². The molecule has 2 aromatic heterocycles. The lowest BCUT2D eigenvalue weighted by atomic mass is 10.1. The molecule has 0 aromatic carbocycles. The lowest BCUT2D eigenvalue weighted by molar-refractivity contribution is -0.122. The molecule has 24 heavy (non-hydrogen) atoms. The van der Waals surface area contributed by atoms with Crippen molar-refractivity contribution in [2.45, 2.75) is 45.4 Å². The second kappa shape index (κ2) is 6.36. The van der Waals surface area contributed by atoms with E-state index in [4.69, 9.17) is 0 Å². The summed E-state index contributed by atoms with van der Waals surface area (Å²) in [7, 11) is 0. The van der Waals surface area contributed by atoms with E-state index in [9.17, 15) is 4.79 Å². The number of imidazole rings is 1. The fourth-order valence-corrected chi connectivity index (χ4v) is 3.35. The summed E-state index contributed by atoms with van der Waals surface area (Å²) in [5.74, 6) is 1.52.